The van der Waals surface area contributed by atoms with Crippen LogP contribution in [0.4, 0.5) is 0 Å². The first kappa shape index (κ1) is 20.2. The minimum atomic E-state index is -0.856. The number of carbonyl (C=O) groups excluding carboxylic acids is 2. The minimum Gasteiger partial charge on any atom is -0.384 e. The monoisotopic (exact) mass is 410 g/mol. The van der Waals surface area contributed by atoms with Gasteiger partial charge in [0.25, 0.3) is 11.8 Å². The highest BCUT2D eigenvalue weighted by Gasteiger charge is 2.50. The van der Waals surface area contributed by atoms with E-state index in [1.807, 2.05) is 49.6 Å². The fourth-order valence-electron chi connectivity index (χ4n) is 3.89. The Bertz CT molecular complexity index is 940. The summed E-state index contributed by atoms with van der Waals surface area (Å²) in [5, 5.41) is 9.99. The maximum atomic E-state index is 12.7. The molecule has 2 atom stereocenters. The van der Waals surface area contributed by atoms with Gasteiger partial charge in [0.1, 0.15) is 11.4 Å². The molecule has 1 saturated heterocycles. The number of nitrogens with one attached hydrogen (secondary N) is 2. The van der Waals surface area contributed by atoms with E-state index in [1.165, 1.54) is 0 Å². The number of benzene rings is 1. The Labute approximate surface area is 175 Å². The van der Waals surface area contributed by atoms with Crippen LogP contribution in [0.1, 0.15) is 28.9 Å². The third-order valence-electron chi connectivity index (χ3n) is 5.62. The van der Waals surface area contributed by atoms with Crippen molar-refractivity contribution in [3.8, 4) is 0 Å². The van der Waals surface area contributed by atoms with Crippen LogP contribution in [0.3, 0.4) is 0 Å². The molecule has 0 radical (unpaired) electrons. The summed E-state index contributed by atoms with van der Waals surface area (Å²) >= 11 is 0. The van der Waals surface area contributed by atoms with Gasteiger partial charge in [0.05, 0.1) is 12.6 Å². The van der Waals surface area contributed by atoms with Gasteiger partial charge >= 0.3 is 0 Å². The number of ether oxygens (including phenoxy) is 1. The standard InChI is InChI=1S/C22H26N4O4/c1-26-12-5-8-18(26)21(28)24-19-10-13-29-15-22(19)14-17(25-30-22)20(27)23-11-9-16-6-3-2-4-7-16/h2-8,12,19H,9-11,13-15H2,1H3,(H,23,27)(H,24,28)/t19-,22-/m0/s1. The van der Waals surface area contributed by atoms with Crippen LogP contribution < -0.4 is 10.6 Å². The van der Waals surface area contributed by atoms with E-state index in [1.54, 1.807) is 10.6 Å². The van der Waals surface area contributed by atoms with Crippen molar-refractivity contribution in [1.29, 1.82) is 0 Å². The van der Waals surface area contributed by atoms with Gasteiger partial charge in [-0.15, -0.1) is 0 Å². The molecule has 0 unspecified atom stereocenters. The SMILES string of the molecule is Cn1cccc1C(=O)N[C@H]1CCOC[C@@]12CC(C(=O)NCCc1ccccc1)=NO2. The summed E-state index contributed by atoms with van der Waals surface area (Å²) in [5.74, 6) is -0.431. The van der Waals surface area contributed by atoms with E-state index in [0.29, 0.717) is 37.4 Å². The molecule has 1 fully saturated rings. The highest BCUT2D eigenvalue weighted by molar-refractivity contribution is 6.39. The highest BCUT2D eigenvalue weighted by atomic mass is 16.7. The molecule has 2 N–H and O–H groups in total. The van der Waals surface area contributed by atoms with E-state index in [2.05, 4.69) is 15.8 Å². The molecule has 4 rings (SSSR count). The third-order valence-corrected chi connectivity index (χ3v) is 5.62. The Morgan fingerprint density at radius 1 is 1.20 bits per heavy atom. The predicted molar refractivity (Wildman–Crippen MR) is 111 cm³/mol. The molecule has 158 valence electrons. The zero-order chi connectivity index (χ0) is 21.0. The first-order chi connectivity index (χ1) is 14.6. The Hall–Kier alpha value is -3.13. The van der Waals surface area contributed by atoms with Crippen LogP contribution in [0.2, 0.25) is 0 Å². The van der Waals surface area contributed by atoms with Crippen molar-refractivity contribution in [1.82, 2.24) is 15.2 Å². The van der Waals surface area contributed by atoms with Gasteiger partial charge in [0, 0.05) is 32.8 Å². The zero-order valence-electron chi connectivity index (χ0n) is 17.0. The van der Waals surface area contributed by atoms with Crippen molar-refractivity contribution in [2.24, 2.45) is 12.2 Å². The van der Waals surface area contributed by atoms with Gasteiger partial charge in [-0.2, -0.15) is 0 Å². The summed E-state index contributed by atoms with van der Waals surface area (Å²) in [6.07, 6.45) is 3.45. The molecule has 8 heteroatoms. The maximum absolute atomic E-state index is 12.7. The summed E-state index contributed by atoms with van der Waals surface area (Å²) in [5.41, 5.74) is 1.19. The zero-order valence-corrected chi connectivity index (χ0v) is 17.0. The fraction of sp³-hybridized carbons (Fsp3) is 0.409. The molecule has 2 aliphatic rings. The molecule has 30 heavy (non-hydrogen) atoms. The molecule has 0 aliphatic carbocycles. The lowest BCUT2D eigenvalue weighted by Crippen LogP contribution is -2.59. The first-order valence-electron chi connectivity index (χ1n) is 10.1. The van der Waals surface area contributed by atoms with E-state index in [9.17, 15) is 9.59 Å². The molecule has 0 saturated carbocycles. The van der Waals surface area contributed by atoms with Crippen LogP contribution in [0.25, 0.3) is 0 Å². The van der Waals surface area contributed by atoms with E-state index in [4.69, 9.17) is 9.57 Å². The highest BCUT2D eigenvalue weighted by Crippen LogP contribution is 2.33. The van der Waals surface area contributed by atoms with Crippen LogP contribution in [0.15, 0.2) is 53.8 Å². The lowest BCUT2D eigenvalue weighted by atomic mass is 9.86. The molecular formula is C22H26N4O4. The Morgan fingerprint density at radius 2 is 2.03 bits per heavy atom. The number of rotatable bonds is 6. The van der Waals surface area contributed by atoms with Gasteiger partial charge in [-0.05, 0) is 30.5 Å². The van der Waals surface area contributed by atoms with Crippen molar-refractivity contribution >= 4 is 17.5 Å². The quantitative estimate of drug-likeness (QED) is 0.753. The van der Waals surface area contributed by atoms with Gasteiger partial charge in [0.2, 0.25) is 0 Å². The Balaban J connectivity index is 1.35. The summed E-state index contributed by atoms with van der Waals surface area (Å²) in [6, 6.07) is 13.2. The molecule has 2 aliphatic heterocycles. The number of amides is 2. The van der Waals surface area contributed by atoms with Gasteiger partial charge < -0.3 is 24.8 Å². The second-order valence-electron chi connectivity index (χ2n) is 7.73. The number of hydrogen-bond acceptors (Lipinski definition) is 5. The van der Waals surface area contributed by atoms with Crippen LogP contribution in [-0.4, -0.2) is 53.5 Å². The molecule has 2 amide bonds. The predicted octanol–water partition coefficient (Wildman–Crippen LogP) is 1.42. The minimum absolute atomic E-state index is 0.182. The lowest BCUT2D eigenvalue weighted by Gasteiger charge is -2.38. The molecule has 0 bridgehead atoms. The van der Waals surface area contributed by atoms with E-state index in [0.717, 1.165) is 12.0 Å². The molecular weight excluding hydrogens is 384 g/mol. The normalized spacial score (nSPS) is 23.0. The second kappa shape index (κ2) is 8.71. The third kappa shape index (κ3) is 4.23. The smallest absolute Gasteiger partial charge is 0.269 e. The molecule has 2 aromatic rings. The first-order valence-corrected chi connectivity index (χ1v) is 10.1. The topological polar surface area (TPSA) is 94.0 Å². The number of hydrogen-bond donors (Lipinski definition) is 2. The Kier molecular flexibility index (Phi) is 5.85. The molecule has 1 aromatic carbocycles. The number of carbonyl (C=O) groups is 2. The molecule has 3 heterocycles. The van der Waals surface area contributed by atoms with Gasteiger partial charge in [-0.3, -0.25) is 9.59 Å². The van der Waals surface area contributed by atoms with Crippen LogP contribution in [0.5, 0.6) is 0 Å². The number of aryl methyl sites for hydroxylation is 1. The summed E-state index contributed by atoms with van der Waals surface area (Å²) in [4.78, 5) is 31.0. The van der Waals surface area contributed by atoms with Crippen LogP contribution in [-0.2, 0) is 27.8 Å². The maximum Gasteiger partial charge on any atom is 0.269 e. The average Bonchev–Trinajstić information content (AvgIpc) is 3.38. The van der Waals surface area contributed by atoms with Gasteiger partial charge in [-0.1, -0.05) is 35.5 Å². The number of aromatic nitrogens is 1. The van der Waals surface area contributed by atoms with E-state index >= 15 is 0 Å². The number of oxime groups is 1. The Morgan fingerprint density at radius 3 is 2.80 bits per heavy atom. The van der Waals surface area contributed by atoms with Crippen LogP contribution in [0, 0.1) is 0 Å². The average molecular weight is 410 g/mol. The molecule has 1 spiro atoms. The van der Waals surface area contributed by atoms with E-state index in [-0.39, 0.29) is 24.5 Å². The van der Waals surface area contributed by atoms with Crippen molar-refractivity contribution in [3.05, 3.63) is 59.9 Å². The van der Waals surface area contributed by atoms with Crippen molar-refractivity contribution in [2.75, 3.05) is 19.8 Å². The largest absolute Gasteiger partial charge is 0.384 e. The number of nitrogens with zero attached hydrogens (tertiary/aromatic N) is 2. The molecule has 8 nitrogen and oxygen atoms in total. The summed E-state index contributed by atoms with van der Waals surface area (Å²) < 4.78 is 7.38. The lowest BCUT2D eigenvalue weighted by molar-refractivity contribution is -0.128. The van der Waals surface area contributed by atoms with Gasteiger partial charge in [-0.25, -0.2) is 0 Å². The van der Waals surface area contributed by atoms with Crippen molar-refractivity contribution < 1.29 is 19.2 Å². The van der Waals surface area contributed by atoms with Crippen LogP contribution >= 0.6 is 0 Å². The summed E-state index contributed by atoms with van der Waals surface area (Å²) in [6.45, 7) is 1.30. The van der Waals surface area contributed by atoms with Crippen molar-refractivity contribution in [3.63, 3.8) is 0 Å². The molecule has 1 aromatic heterocycles. The van der Waals surface area contributed by atoms with E-state index < -0.39 is 5.60 Å². The summed E-state index contributed by atoms with van der Waals surface area (Å²) in [7, 11) is 1.82. The second-order valence-corrected chi connectivity index (χ2v) is 7.73. The van der Waals surface area contributed by atoms with Gasteiger partial charge in [0.15, 0.2) is 5.60 Å². The van der Waals surface area contributed by atoms with Crippen molar-refractivity contribution in [2.45, 2.75) is 30.9 Å². The fourth-order valence-corrected chi connectivity index (χ4v) is 3.89.